The van der Waals surface area contributed by atoms with Crippen LogP contribution in [0.25, 0.3) is 0 Å². The first kappa shape index (κ1) is 36.5. The summed E-state index contributed by atoms with van der Waals surface area (Å²) in [5, 5.41) is 38.4. The normalized spacial score (nSPS) is 24.1. The number of piperidine rings is 2. The van der Waals surface area contributed by atoms with Crippen LogP contribution in [0.2, 0.25) is 10.0 Å². The minimum Gasteiger partial charge on any atom is -0.490 e. The Kier molecular flexibility index (Phi) is 13.1. The first-order valence-corrected chi connectivity index (χ1v) is 18.1. The summed E-state index contributed by atoms with van der Waals surface area (Å²) in [6.45, 7) is 10.1. The minimum absolute atomic E-state index is 0.152. The number of aliphatic hydroxyl groups excluding tert-OH is 2. The first-order valence-electron chi connectivity index (χ1n) is 17.3. The Balaban J connectivity index is 0.000000188. The first-order chi connectivity index (χ1) is 23.1. The molecule has 0 bridgehead atoms. The lowest BCUT2D eigenvalue weighted by Crippen LogP contribution is -2.40. The van der Waals surface area contributed by atoms with Gasteiger partial charge in [0.1, 0.15) is 35.8 Å². The van der Waals surface area contributed by atoms with Gasteiger partial charge in [-0.1, -0.05) is 35.4 Å². The predicted octanol–water partition coefficient (Wildman–Crippen LogP) is 6.82. The second-order valence-electron chi connectivity index (χ2n) is 13.8. The molecular formula is C38H48Cl2N4O4. The van der Waals surface area contributed by atoms with Crippen molar-refractivity contribution in [3.8, 4) is 23.6 Å². The standard InChI is InChI=1S/C19H25ClN2O3.C19H23ClN2O/c1-12-18(3-2-14(10-21)19(12)20)25-15-4-6-22(7-5-15)11-13-8-16(23)17(24)9-13;1-14-18(7-6-16(12-21)19(14)20)23-17-8-10-22(11-9-17)13-15-4-2-3-5-15/h2-3,13,15-17,23-24H,4-9,11H2,1H3;2-3,6-7,15,17H,4-5,8-11,13H2,1H3. The van der Waals surface area contributed by atoms with Crippen LogP contribution in [-0.2, 0) is 0 Å². The largest absolute Gasteiger partial charge is 0.490 e. The monoisotopic (exact) mass is 694 g/mol. The van der Waals surface area contributed by atoms with Crippen LogP contribution >= 0.6 is 23.2 Å². The Bertz CT molecular complexity index is 1490. The fourth-order valence-corrected chi connectivity index (χ4v) is 7.73. The second-order valence-corrected chi connectivity index (χ2v) is 14.6. The molecule has 10 heteroatoms. The molecule has 258 valence electrons. The lowest BCUT2D eigenvalue weighted by atomic mass is 10.0. The highest BCUT2D eigenvalue weighted by Gasteiger charge is 2.33. The van der Waals surface area contributed by atoms with Crippen molar-refractivity contribution in [1.82, 2.24) is 9.80 Å². The SMILES string of the molecule is Cc1c(OC2CCN(CC3CC(O)C(O)C3)CC2)ccc(C#N)c1Cl.Cc1c(OC2CCN(CC3CC=CC3)CC2)ccc(C#N)c1Cl. The maximum Gasteiger partial charge on any atom is 0.124 e. The molecule has 2 N–H and O–H groups in total. The summed E-state index contributed by atoms with van der Waals surface area (Å²) in [6.07, 6.45) is 11.7. The molecular weight excluding hydrogens is 647 g/mol. The van der Waals surface area contributed by atoms with Gasteiger partial charge >= 0.3 is 0 Å². The fourth-order valence-electron chi connectivity index (χ4n) is 7.34. The highest BCUT2D eigenvalue weighted by Crippen LogP contribution is 2.33. The molecule has 2 saturated heterocycles. The zero-order valence-electron chi connectivity index (χ0n) is 28.1. The van der Waals surface area contributed by atoms with E-state index in [1.165, 1.54) is 19.4 Å². The van der Waals surface area contributed by atoms with E-state index in [-0.39, 0.29) is 12.2 Å². The summed E-state index contributed by atoms with van der Waals surface area (Å²) in [5.41, 5.74) is 2.67. The number of ether oxygens (including phenoxy) is 2. The maximum absolute atomic E-state index is 9.67. The third-order valence-electron chi connectivity index (χ3n) is 10.3. The second kappa shape index (κ2) is 17.2. The van der Waals surface area contributed by atoms with Crippen molar-refractivity contribution < 1.29 is 19.7 Å². The summed E-state index contributed by atoms with van der Waals surface area (Å²) in [6, 6.07) is 11.3. The van der Waals surface area contributed by atoms with E-state index in [4.69, 9.17) is 43.2 Å². The maximum atomic E-state index is 9.67. The molecule has 3 fully saturated rings. The smallest absolute Gasteiger partial charge is 0.124 e. The Hall–Kier alpha value is -2.82. The van der Waals surface area contributed by atoms with Gasteiger partial charge in [-0.3, -0.25) is 0 Å². The average molecular weight is 696 g/mol. The van der Waals surface area contributed by atoms with Crippen LogP contribution in [0, 0.1) is 48.3 Å². The van der Waals surface area contributed by atoms with E-state index < -0.39 is 12.2 Å². The van der Waals surface area contributed by atoms with Crippen LogP contribution in [0.3, 0.4) is 0 Å². The number of aliphatic hydroxyl groups is 2. The number of halogens is 2. The summed E-state index contributed by atoms with van der Waals surface area (Å²) < 4.78 is 12.3. The number of nitriles is 2. The van der Waals surface area contributed by atoms with Crippen LogP contribution in [-0.4, -0.2) is 83.7 Å². The van der Waals surface area contributed by atoms with E-state index in [0.29, 0.717) is 39.9 Å². The van der Waals surface area contributed by atoms with Gasteiger partial charge in [0, 0.05) is 50.4 Å². The van der Waals surface area contributed by atoms with Crippen LogP contribution in [0.15, 0.2) is 36.4 Å². The van der Waals surface area contributed by atoms with Crippen molar-refractivity contribution in [1.29, 1.82) is 10.5 Å². The van der Waals surface area contributed by atoms with Crippen molar-refractivity contribution >= 4 is 23.2 Å². The van der Waals surface area contributed by atoms with E-state index in [2.05, 4.69) is 34.1 Å². The summed E-state index contributed by atoms with van der Waals surface area (Å²) in [5.74, 6) is 2.76. The van der Waals surface area contributed by atoms with E-state index in [9.17, 15) is 10.2 Å². The molecule has 2 aromatic carbocycles. The van der Waals surface area contributed by atoms with Gasteiger partial charge < -0.3 is 29.5 Å². The summed E-state index contributed by atoms with van der Waals surface area (Å²) in [4.78, 5) is 4.96. The van der Waals surface area contributed by atoms with Gasteiger partial charge in [-0.2, -0.15) is 10.5 Å². The van der Waals surface area contributed by atoms with E-state index in [1.54, 1.807) is 12.1 Å². The molecule has 6 rings (SSSR count). The molecule has 48 heavy (non-hydrogen) atoms. The Morgan fingerprint density at radius 2 is 1.08 bits per heavy atom. The molecule has 8 nitrogen and oxygen atoms in total. The van der Waals surface area contributed by atoms with Gasteiger partial charge in [0.2, 0.25) is 0 Å². The molecule has 2 aromatic rings. The van der Waals surface area contributed by atoms with Crippen LogP contribution in [0.4, 0.5) is 0 Å². The third-order valence-corrected chi connectivity index (χ3v) is 11.3. The van der Waals surface area contributed by atoms with Crippen molar-refractivity contribution in [2.75, 3.05) is 39.3 Å². The van der Waals surface area contributed by atoms with Gasteiger partial charge in [0.25, 0.3) is 0 Å². The molecule has 2 unspecified atom stereocenters. The molecule has 0 radical (unpaired) electrons. The number of allylic oxidation sites excluding steroid dienone is 2. The van der Waals surface area contributed by atoms with Crippen LogP contribution in [0.1, 0.15) is 73.6 Å². The number of likely N-dealkylation sites (tertiary alicyclic amines) is 2. The Morgan fingerprint density at radius 1 is 0.688 bits per heavy atom. The average Bonchev–Trinajstić information content (AvgIpc) is 3.72. The van der Waals surface area contributed by atoms with Crippen molar-refractivity contribution in [3.05, 3.63) is 68.7 Å². The number of nitrogens with zero attached hydrogens (tertiary/aromatic N) is 4. The molecule has 0 aromatic heterocycles. The van der Waals surface area contributed by atoms with Gasteiger partial charge in [0.15, 0.2) is 0 Å². The number of benzene rings is 2. The van der Waals surface area contributed by atoms with Gasteiger partial charge in [-0.05, 0) is 101 Å². The van der Waals surface area contributed by atoms with Gasteiger partial charge in [0.05, 0.1) is 33.4 Å². The fraction of sp³-hybridized carbons (Fsp3) is 0.579. The van der Waals surface area contributed by atoms with E-state index in [0.717, 1.165) is 87.0 Å². The Labute approximate surface area is 295 Å². The van der Waals surface area contributed by atoms with Crippen LogP contribution < -0.4 is 9.47 Å². The van der Waals surface area contributed by atoms with E-state index in [1.807, 2.05) is 26.0 Å². The topological polar surface area (TPSA) is 113 Å². The lowest BCUT2D eigenvalue weighted by molar-refractivity contribution is 0.0438. The molecule has 4 aliphatic rings. The zero-order valence-corrected chi connectivity index (χ0v) is 29.6. The highest BCUT2D eigenvalue weighted by atomic mass is 35.5. The molecule has 1 saturated carbocycles. The molecule has 2 aliphatic carbocycles. The van der Waals surface area contributed by atoms with Crippen molar-refractivity contribution in [2.45, 2.75) is 89.6 Å². The van der Waals surface area contributed by atoms with Gasteiger partial charge in [-0.15, -0.1) is 0 Å². The molecule has 0 spiro atoms. The van der Waals surface area contributed by atoms with Gasteiger partial charge in [-0.25, -0.2) is 0 Å². The number of hydrogen-bond acceptors (Lipinski definition) is 8. The quantitative estimate of drug-likeness (QED) is 0.290. The lowest BCUT2D eigenvalue weighted by Gasteiger charge is -2.34. The van der Waals surface area contributed by atoms with E-state index >= 15 is 0 Å². The number of rotatable bonds is 8. The summed E-state index contributed by atoms with van der Waals surface area (Å²) >= 11 is 12.4. The Morgan fingerprint density at radius 3 is 1.48 bits per heavy atom. The third kappa shape index (κ3) is 9.45. The molecule has 2 atom stereocenters. The molecule has 0 amide bonds. The summed E-state index contributed by atoms with van der Waals surface area (Å²) in [7, 11) is 0. The van der Waals surface area contributed by atoms with Crippen molar-refractivity contribution in [3.63, 3.8) is 0 Å². The molecule has 2 aliphatic heterocycles. The molecule has 2 heterocycles. The predicted molar refractivity (Wildman–Crippen MR) is 189 cm³/mol. The van der Waals surface area contributed by atoms with Crippen LogP contribution in [0.5, 0.6) is 11.5 Å². The zero-order chi connectivity index (χ0) is 34.2. The highest BCUT2D eigenvalue weighted by molar-refractivity contribution is 6.33. The minimum atomic E-state index is -0.560. The van der Waals surface area contributed by atoms with Crippen molar-refractivity contribution in [2.24, 2.45) is 11.8 Å². The number of hydrogen-bond donors (Lipinski definition) is 2.